The zero-order chi connectivity index (χ0) is 20.3. The maximum atomic E-state index is 12.5. The predicted octanol–water partition coefficient (Wildman–Crippen LogP) is 4.12. The number of nitrogens with two attached hydrogens (primary N) is 2. The fourth-order valence-corrected chi connectivity index (χ4v) is 3.67. The van der Waals surface area contributed by atoms with Gasteiger partial charge in [0.2, 0.25) is 5.91 Å². The third-order valence-electron chi connectivity index (χ3n) is 4.72. The summed E-state index contributed by atoms with van der Waals surface area (Å²) < 4.78 is 6.17. The Bertz CT molecular complexity index is 925. The highest BCUT2D eigenvalue weighted by Gasteiger charge is 2.29. The van der Waals surface area contributed by atoms with Gasteiger partial charge in [0, 0.05) is 27.8 Å². The fraction of sp³-hybridized carbons (Fsp3) is 0.238. The summed E-state index contributed by atoms with van der Waals surface area (Å²) in [6.45, 7) is 2.58. The molecular formula is C21H22BrN3O3. The van der Waals surface area contributed by atoms with Gasteiger partial charge >= 0.3 is 6.09 Å². The Hall–Kier alpha value is -2.80. The van der Waals surface area contributed by atoms with Crippen molar-refractivity contribution in [1.29, 1.82) is 0 Å². The monoisotopic (exact) mass is 443 g/mol. The highest BCUT2D eigenvalue weighted by molar-refractivity contribution is 9.10. The smallest absolute Gasteiger partial charge is 0.410 e. The minimum Gasteiger partial charge on any atom is -0.450 e. The highest BCUT2D eigenvalue weighted by Crippen LogP contribution is 2.36. The lowest BCUT2D eigenvalue weighted by atomic mass is 9.91. The van der Waals surface area contributed by atoms with E-state index in [1.165, 1.54) is 0 Å². The molecule has 0 saturated carbocycles. The van der Waals surface area contributed by atoms with Crippen LogP contribution in [0, 0.1) is 0 Å². The quantitative estimate of drug-likeness (QED) is 0.694. The van der Waals surface area contributed by atoms with E-state index in [9.17, 15) is 9.59 Å². The molecule has 1 atom stereocenters. The molecule has 3 rings (SSSR count). The van der Waals surface area contributed by atoms with E-state index in [1.807, 2.05) is 24.3 Å². The van der Waals surface area contributed by atoms with Crippen LogP contribution in [0.3, 0.4) is 0 Å². The summed E-state index contributed by atoms with van der Waals surface area (Å²) in [5, 5.41) is 0. The molecule has 0 spiro atoms. The number of hydrogen-bond acceptors (Lipinski definition) is 4. The van der Waals surface area contributed by atoms with Crippen LogP contribution in [0.4, 0.5) is 10.5 Å². The van der Waals surface area contributed by atoms with Crippen LogP contribution in [0.1, 0.15) is 40.9 Å². The van der Waals surface area contributed by atoms with E-state index in [1.54, 1.807) is 36.1 Å². The van der Waals surface area contributed by atoms with Crippen LogP contribution in [-0.2, 0) is 4.74 Å². The third-order valence-corrected chi connectivity index (χ3v) is 5.21. The largest absolute Gasteiger partial charge is 0.450 e. The molecule has 1 aliphatic rings. The molecule has 0 radical (unpaired) electrons. The number of ether oxygens (including phenoxy) is 1. The Morgan fingerprint density at radius 1 is 1.21 bits per heavy atom. The van der Waals surface area contributed by atoms with Crippen LogP contribution in [0.2, 0.25) is 0 Å². The molecule has 146 valence electrons. The summed E-state index contributed by atoms with van der Waals surface area (Å²) in [6.07, 6.45) is 2.32. The number of primary amides is 1. The first kappa shape index (κ1) is 19.9. The van der Waals surface area contributed by atoms with Crippen molar-refractivity contribution >= 4 is 39.2 Å². The molecule has 6 nitrogen and oxygen atoms in total. The van der Waals surface area contributed by atoms with Gasteiger partial charge in [0.15, 0.2) is 0 Å². The summed E-state index contributed by atoms with van der Waals surface area (Å²) in [5.41, 5.74) is 15.5. The molecule has 1 unspecified atom stereocenters. The average Bonchev–Trinajstić information content (AvgIpc) is 2.69. The number of nitrogen functional groups attached to an aromatic ring is 1. The third kappa shape index (κ3) is 4.20. The maximum Gasteiger partial charge on any atom is 0.410 e. The van der Waals surface area contributed by atoms with Gasteiger partial charge in [-0.15, -0.1) is 0 Å². The van der Waals surface area contributed by atoms with Crippen LogP contribution in [-0.4, -0.2) is 30.1 Å². The molecule has 1 heterocycles. The second kappa shape index (κ2) is 8.48. The number of carbonyl (C=O) groups is 2. The van der Waals surface area contributed by atoms with Crippen molar-refractivity contribution in [1.82, 2.24) is 4.90 Å². The van der Waals surface area contributed by atoms with Crippen molar-refractivity contribution < 1.29 is 14.3 Å². The van der Waals surface area contributed by atoms with Crippen molar-refractivity contribution in [2.75, 3.05) is 18.9 Å². The van der Waals surface area contributed by atoms with Gasteiger partial charge in [-0.1, -0.05) is 34.1 Å². The standard InChI is InChI=1S/C21H22BrN3O3/c1-2-28-21(27)25-10-9-15(17-12-16(22)7-8-18(17)23)11-19(25)13-3-5-14(6-4-13)20(24)26/h3-8,11-12,19H,2,9-10,23H2,1H3,(H2,24,26). The molecule has 0 aliphatic carbocycles. The van der Waals surface area contributed by atoms with Gasteiger partial charge in [-0.25, -0.2) is 4.79 Å². The first-order chi connectivity index (χ1) is 13.4. The van der Waals surface area contributed by atoms with Crippen LogP contribution in [0.25, 0.3) is 5.57 Å². The SMILES string of the molecule is CCOC(=O)N1CCC(c2cc(Br)ccc2N)=CC1c1ccc(C(N)=O)cc1. The van der Waals surface area contributed by atoms with Crippen LogP contribution >= 0.6 is 15.9 Å². The minimum atomic E-state index is -0.490. The van der Waals surface area contributed by atoms with Crippen LogP contribution in [0.15, 0.2) is 53.0 Å². The molecule has 7 heteroatoms. The van der Waals surface area contributed by atoms with Crippen LogP contribution < -0.4 is 11.5 Å². The van der Waals surface area contributed by atoms with E-state index < -0.39 is 5.91 Å². The van der Waals surface area contributed by atoms with Gasteiger partial charge in [0.25, 0.3) is 0 Å². The van der Waals surface area contributed by atoms with Crippen molar-refractivity contribution in [3.05, 3.63) is 69.7 Å². The molecule has 0 bridgehead atoms. The van der Waals surface area contributed by atoms with Gasteiger partial charge < -0.3 is 16.2 Å². The van der Waals surface area contributed by atoms with Gasteiger partial charge in [-0.3, -0.25) is 9.69 Å². The Morgan fingerprint density at radius 3 is 2.57 bits per heavy atom. The second-order valence-corrected chi connectivity index (χ2v) is 7.41. The van der Waals surface area contributed by atoms with E-state index in [2.05, 4.69) is 15.9 Å². The Morgan fingerprint density at radius 2 is 1.93 bits per heavy atom. The number of anilines is 1. The summed E-state index contributed by atoms with van der Waals surface area (Å²) in [6, 6.07) is 12.3. The zero-order valence-corrected chi connectivity index (χ0v) is 17.1. The number of halogens is 1. The van der Waals surface area contributed by atoms with Gasteiger partial charge in [0.1, 0.15) is 0 Å². The molecule has 0 aromatic heterocycles. The van der Waals surface area contributed by atoms with Gasteiger partial charge in [-0.05, 0) is 54.8 Å². The highest BCUT2D eigenvalue weighted by atomic mass is 79.9. The number of carbonyl (C=O) groups excluding carboxylic acids is 2. The molecular weight excluding hydrogens is 422 g/mol. The number of rotatable bonds is 4. The molecule has 28 heavy (non-hydrogen) atoms. The van der Waals surface area contributed by atoms with Crippen molar-refractivity contribution in [2.24, 2.45) is 5.73 Å². The second-order valence-electron chi connectivity index (χ2n) is 6.50. The molecule has 2 amide bonds. The lowest BCUT2D eigenvalue weighted by molar-refractivity contribution is 0.0964. The number of amides is 2. The molecule has 1 aliphatic heterocycles. The van der Waals surface area contributed by atoms with Gasteiger partial charge in [-0.2, -0.15) is 0 Å². The fourth-order valence-electron chi connectivity index (χ4n) is 3.31. The lowest BCUT2D eigenvalue weighted by Crippen LogP contribution is -2.38. The number of nitrogens with zero attached hydrogens (tertiary/aromatic N) is 1. The molecule has 4 N–H and O–H groups in total. The molecule has 0 saturated heterocycles. The lowest BCUT2D eigenvalue weighted by Gasteiger charge is -2.34. The van der Waals surface area contributed by atoms with E-state index in [-0.39, 0.29) is 12.1 Å². The van der Waals surface area contributed by atoms with E-state index in [0.717, 1.165) is 21.2 Å². The van der Waals surface area contributed by atoms with Gasteiger partial charge in [0.05, 0.1) is 12.6 Å². The van der Waals surface area contributed by atoms with Crippen molar-refractivity contribution in [3.63, 3.8) is 0 Å². The Labute approximate surface area is 172 Å². The van der Waals surface area contributed by atoms with E-state index in [4.69, 9.17) is 16.2 Å². The normalized spacial score (nSPS) is 16.4. The first-order valence-corrected chi connectivity index (χ1v) is 9.79. The number of benzene rings is 2. The Kier molecular flexibility index (Phi) is 6.04. The van der Waals surface area contributed by atoms with E-state index >= 15 is 0 Å². The summed E-state index contributed by atoms with van der Waals surface area (Å²) in [4.78, 5) is 25.5. The topological polar surface area (TPSA) is 98.7 Å². The Balaban J connectivity index is 2.03. The predicted molar refractivity (Wildman–Crippen MR) is 113 cm³/mol. The van der Waals surface area contributed by atoms with Crippen LogP contribution in [0.5, 0.6) is 0 Å². The maximum absolute atomic E-state index is 12.5. The molecule has 2 aromatic carbocycles. The number of hydrogen-bond donors (Lipinski definition) is 2. The van der Waals surface area contributed by atoms with Crippen molar-refractivity contribution in [3.8, 4) is 0 Å². The summed E-state index contributed by atoms with van der Waals surface area (Å²) in [7, 11) is 0. The summed E-state index contributed by atoms with van der Waals surface area (Å²) in [5.74, 6) is -0.490. The summed E-state index contributed by atoms with van der Waals surface area (Å²) >= 11 is 3.49. The minimum absolute atomic E-state index is 0.303. The average molecular weight is 444 g/mol. The van der Waals surface area contributed by atoms with Crippen molar-refractivity contribution in [2.45, 2.75) is 19.4 Å². The molecule has 2 aromatic rings. The first-order valence-electron chi connectivity index (χ1n) is 9.00. The van der Waals surface area contributed by atoms with E-state index in [0.29, 0.717) is 30.8 Å². The zero-order valence-electron chi connectivity index (χ0n) is 15.5. The molecule has 0 fully saturated rings.